The molecule has 3 rings (SSSR count). The lowest BCUT2D eigenvalue weighted by Crippen LogP contribution is -2.49. The number of hydrogen-bond acceptors (Lipinski definition) is 3. The van der Waals surface area contributed by atoms with Crippen LogP contribution in [0.5, 0.6) is 0 Å². The summed E-state index contributed by atoms with van der Waals surface area (Å²) in [5, 5.41) is 6.63. The van der Waals surface area contributed by atoms with Crippen molar-refractivity contribution in [3.63, 3.8) is 0 Å². The predicted octanol–water partition coefficient (Wildman–Crippen LogP) is 1.72. The number of fused-ring (bicyclic) bond motifs is 1. The van der Waals surface area contributed by atoms with Crippen molar-refractivity contribution in [1.29, 1.82) is 0 Å². The molecule has 7 heteroatoms. The van der Waals surface area contributed by atoms with E-state index >= 15 is 0 Å². The molecule has 0 fully saturated rings. The fraction of sp³-hybridized carbons (Fsp3) is 0.250. The first kappa shape index (κ1) is 18.4. The minimum absolute atomic E-state index is 0.0482. The number of H-pyrrole nitrogens is 2. The maximum Gasteiger partial charge on any atom is 0.253 e. The summed E-state index contributed by atoms with van der Waals surface area (Å²) >= 11 is 0. The molecule has 3 aromatic rings. The average Bonchev–Trinajstić information content (AvgIpc) is 3.04. The van der Waals surface area contributed by atoms with E-state index in [1.807, 2.05) is 44.3 Å². The largest absolute Gasteiger partial charge is 0.361 e. The number of carbonyl (C=O) groups is 2. The molecule has 140 valence electrons. The highest BCUT2D eigenvalue weighted by atomic mass is 16.2. The Labute approximate surface area is 156 Å². The lowest BCUT2D eigenvalue weighted by molar-refractivity contribution is -0.123. The van der Waals surface area contributed by atoms with Crippen LogP contribution in [-0.4, -0.2) is 33.9 Å². The molecule has 1 unspecified atom stereocenters. The summed E-state index contributed by atoms with van der Waals surface area (Å²) in [4.78, 5) is 42.0. The SMILES string of the molecule is CC(C)NC(=O)C(Cc1c[nH]c2ccccc12)NC(=O)c1ccc(=O)[nH]c1. The van der Waals surface area contributed by atoms with Crippen molar-refractivity contribution >= 4 is 22.7 Å². The van der Waals surface area contributed by atoms with E-state index in [1.165, 1.54) is 18.3 Å². The number of amides is 2. The van der Waals surface area contributed by atoms with Crippen LogP contribution < -0.4 is 16.2 Å². The molecule has 2 aromatic heterocycles. The van der Waals surface area contributed by atoms with Crippen LogP contribution in [0.1, 0.15) is 29.8 Å². The molecule has 1 atom stereocenters. The molecule has 1 aromatic carbocycles. The number of nitrogens with one attached hydrogen (secondary N) is 4. The van der Waals surface area contributed by atoms with Gasteiger partial charge in [-0.1, -0.05) is 18.2 Å². The molecule has 0 aliphatic heterocycles. The Hall–Kier alpha value is -3.35. The summed E-state index contributed by atoms with van der Waals surface area (Å²) in [5.41, 5.74) is 1.91. The first-order valence-corrected chi connectivity index (χ1v) is 8.79. The average molecular weight is 366 g/mol. The van der Waals surface area contributed by atoms with E-state index in [0.717, 1.165) is 16.5 Å². The number of hydrogen-bond donors (Lipinski definition) is 4. The summed E-state index contributed by atoms with van der Waals surface area (Å²) in [6.45, 7) is 3.73. The van der Waals surface area contributed by atoms with Gasteiger partial charge in [0.25, 0.3) is 5.91 Å². The Bertz CT molecular complexity index is 999. The second kappa shape index (κ2) is 7.90. The fourth-order valence-electron chi connectivity index (χ4n) is 2.91. The highest BCUT2D eigenvalue weighted by molar-refractivity contribution is 5.97. The lowest BCUT2D eigenvalue weighted by atomic mass is 10.0. The Morgan fingerprint density at radius 2 is 1.78 bits per heavy atom. The van der Waals surface area contributed by atoms with Crippen molar-refractivity contribution in [3.8, 4) is 0 Å². The summed E-state index contributed by atoms with van der Waals surface area (Å²) in [6, 6.07) is 9.71. The standard InChI is InChI=1S/C20H22N4O3/c1-12(2)23-20(27)17(24-19(26)13-7-8-18(25)22-10-13)9-14-11-21-16-6-4-3-5-15(14)16/h3-8,10-12,17,21H,9H2,1-2H3,(H,22,25)(H,23,27)(H,24,26). The zero-order chi connectivity index (χ0) is 19.4. The zero-order valence-corrected chi connectivity index (χ0v) is 15.2. The number of aromatic nitrogens is 2. The molecule has 2 amide bonds. The third-order valence-electron chi connectivity index (χ3n) is 4.20. The monoisotopic (exact) mass is 366 g/mol. The van der Waals surface area contributed by atoms with Gasteiger partial charge in [0.1, 0.15) is 6.04 Å². The van der Waals surface area contributed by atoms with Crippen molar-refractivity contribution in [2.45, 2.75) is 32.4 Å². The Morgan fingerprint density at radius 1 is 1.00 bits per heavy atom. The van der Waals surface area contributed by atoms with Crippen LogP contribution in [-0.2, 0) is 11.2 Å². The molecule has 0 saturated carbocycles. The van der Waals surface area contributed by atoms with Crippen LogP contribution in [0.4, 0.5) is 0 Å². The number of benzene rings is 1. The van der Waals surface area contributed by atoms with Crippen molar-refractivity contribution in [2.24, 2.45) is 0 Å². The molecule has 0 radical (unpaired) electrons. The molecule has 7 nitrogen and oxygen atoms in total. The summed E-state index contributed by atoms with van der Waals surface area (Å²) in [7, 11) is 0. The molecule has 2 heterocycles. The van der Waals surface area contributed by atoms with Gasteiger partial charge in [-0.05, 0) is 31.5 Å². The summed E-state index contributed by atoms with van der Waals surface area (Å²) in [5.74, 6) is -0.678. The van der Waals surface area contributed by atoms with Gasteiger partial charge in [-0.25, -0.2) is 0 Å². The normalized spacial score (nSPS) is 12.1. The van der Waals surface area contributed by atoms with E-state index in [1.54, 1.807) is 0 Å². The molecule has 0 bridgehead atoms. The van der Waals surface area contributed by atoms with Gasteiger partial charge in [-0.3, -0.25) is 14.4 Å². The van der Waals surface area contributed by atoms with Crippen LogP contribution in [0.3, 0.4) is 0 Å². The molecular formula is C20H22N4O3. The van der Waals surface area contributed by atoms with E-state index in [2.05, 4.69) is 20.6 Å². The second-order valence-electron chi connectivity index (χ2n) is 6.69. The van der Waals surface area contributed by atoms with E-state index in [4.69, 9.17) is 0 Å². The topological polar surface area (TPSA) is 107 Å². The minimum atomic E-state index is -0.744. The molecular weight excluding hydrogens is 344 g/mol. The van der Waals surface area contributed by atoms with Gasteiger partial charge in [0.15, 0.2) is 0 Å². The number of para-hydroxylation sites is 1. The van der Waals surface area contributed by atoms with Crippen LogP contribution in [0.25, 0.3) is 10.9 Å². The summed E-state index contributed by atoms with van der Waals surface area (Å²) < 4.78 is 0. The number of carbonyl (C=O) groups excluding carboxylic acids is 2. The van der Waals surface area contributed by atoms with Gasteiger partial charge in [0.05, 0.1) is 5.56 Å². The highest BCUT2D eigenvalue weighted by Gasteiger charge is 2.23. The van der Waals surface area contributed by atoms with E-state index in [-0.39, 0.29) is 23.1 Å². The molecule has 0 aliphatic rings. The van der Waals surface area contributed by atoms with E-state index in [0.29, 0.717) is 6.42 Å². The molecule has 4 N–H and O–H groups in total. The van der Waals surface area contributed by atoms with Crippen LogP contribution in [0.15, 0.2) is 53.6 Å². The summed E-state index contributed by atoms with van der Waals surface area (Å²) in [6.07, 6.45) is 3.53. The third-order valence-corrected chi connectivity index (χ3v) is 4.20. The van der Waals surface area contributed by atoms with Crippen molar-refractivity contribution in [2.75, 3.05) is 0 Å². The zero-order valence-electron chi connectivity index (χ0n) is 15.2. The second-order valence-corrected chi connectivity index (χ2v) is 6.69. The van der Waals surface area contributed by atoms with Crippen molar-refractivity contribution < 1.29 is 9.59 Å². The smallest absolute Gasteiger partial charge is 0.253 e. The first-order valence-electron chi connectivity index (χ1n) is 8.79. The Kier molecular flexibility index (Phi) is 5.40. The van der Waals surface area contributed by atoms with Gasteiger partial charge in [-0.15, -0.1) is 0 Å². The minimum Gasteiger partial charge on any atom is -0.361 e. The van der Waals surface area contributed by atoms with E-state index < -0.39 is 11.9 Å². The van der Waals surface area contributed by atoms with Gasteiger partial charge in [0.2, 0.25) is 11.5 Å². The molecule has 0 aliphatic carbocycles. The number of rotatable bonds is 6. The molecule has 0 spiro atoms. The van der Waals surface area contributed by atoms with Gasteiger partial charge < -0.3 is 20.6 Å². The quantitative estimate of drug-likeness (QED) is 0.533. The third kappa shape index (κ3) is 4.44. The van der Waals surface area contributed by atoms with Gasteiger partial charge in [0, 0.05) is 41.8 Å². The van der Waals surface area contributed by atoms with Crippen molar-refractivity contribution in [1.82, 2.24) is 20.6 Å². The molecule has 27 heavy (non-hydrogen) atoms. The highest BCUT2D eigenvalue weighted by Crippen LogP contribution is 2.19. The predicted molar refractivity (Wildman–Crippen MR) is 104 cm³/mol. The maximum atomic E-state index is 12.6. The molecule has 0 saturated heterocycles. The van der Waals surface area contributed by atoms with Crippen LogP contribution in [0, 0.1) is 0 Å². The van der Waals surface area contributed by atoms with Gasteiger partial charge >= 0.3 is 0 Å². The fourth-order valence-corrected chi connectivity index (χ4v) is 2.91. The maximum absolute atomic E-state index is 12.6. The number of pyridine rings is 1. The lowest BCUT2D eigenvalue weighted by Gasteiger charge is -2.20. The van der Waals surface area contributed by atoms with E-state index in [9.17, 15) is 14.4 Å². The Morgan fingerprint density at radius 3 is 2.48 bits per heavy atom. The van der Waals surface area contributed by atoms with Gasteiger partial charge in [-0.2, -0.15) is 0 Å². The Balaban J connectivity index is 1.84. The van der Waals surface area contributed by atoms with Crippen LogP contribution >= 0.6 is 0 Å². The number of aromatic amines is 2. The van der Waals surface area contributed by atoms with Crippen LogP contribution in [0.2, 0.25) is 0 Å². The first-order chi connectivity index (χ1) is 12.9. The van der Waals surface area contributed by atoms with Crippen molar-refractivity contribution in [3.05, 3.63) is 70.3 Å².